The number of carbonyl (C=O) groups is 2. The average Bonchev–Trinajstić information content (AvgIpc) is 2.46. The number of rotatable bonds is 7. The number of halogens is 1. The van der Waals surface area contributed by atoms with E-state index in [1.165, 1.54) is 18.2 Å². The molecular formula is C15H22BrN3O4S. The quantitative estimate of drug-likeness (QED) is 0.620. The highest BCUT2D eigenvalue weighted by atomic mass is 79.9. The first kappa shape index (κ1) is 20.6. The summed E-state index contributed by atoms with van der Waals surface area (Å²) < 4.78 is 27.3. The van der Waals surface area contributed by atoms with Crippen molar-refractivity contribution in [1.82, 2.24) is 15.4 Å². The predicted octanol–water partition coefficient (Wildman–Crippen LogP) is 1.39. The molecule has 2 amide bonds. The van der Waals surface area contributed by atoms with E-state index < -0.39 is 22.0 Å². The molecular weight excluding hydrogens is 398 g/mol. The Kier molecular flexibility index (Phi) is 7.37. The number of amides is 2. The van der Waals surface area contributed by atoms with Crippen LogP contribution >= 0.6 is 15.9 Å². The Labute approximate surface area is 150 Å². The van der Waals surface area contributed by atoms with Gasteiger partial charge in [-0.25, -0.2) is 13.1 Å². The lowest BCUT2D eigenvalue weighted by Gasteiger charge is -2.15. The van der Waals surface area contributed by atoms with E-state index in [9.17, 15) is 18.0 Å². The Hall–Kier alpha value is -1.45. The second-order valence-electron chi connectivity index (χ2n) is 5.51. The van der Waals surface area contributed by atoms with E-state index in [-0.39, 0.29) is 22.4 Å². The number of benzene rings is 1. The highest BCUT2D eigenvalue weighted by molar-refractivity contribution is 9.10. The minimum Gasteiger partial charge on any atom is -0.355 e. The first-order valence-corrected chi connectivity index (χ1v) is 9.76. The van der Waals surface area contributed by atoms with Crippen LogP contribution in [0.4, 0.5) is 0 Å². The lowest BCUT2D eigenvalue weighted by molar-refractivity contribution is -0.122. The summed E-state index contributed by atoms with van der Waals surface area (Å²) in [7, 11) is -3.72. The molecule has 0 aliphatic rings. The van der Waals surface area contributed by atoms with Crippen LogP contribution in [-0.4, -0.2) is 38.9 Å². The van der Waals surface area contributed by atoms with Gasteiger partial charge in [-0.05, 0) is 61.8 Å². The van der Waals surface area contributed by atoms with Crippen LogP contribution in [0.1, 0.15) is 38.1 Å². The van der Waals surface area contributed by atoms with Gasteiger partial charge in [-0.15, -0.1) is 0 Å². The maximum absolute atomic E-state index is 12.3. The molecule has 0 aliphatic carbocycles. The summed E-state index contributed by atoms with van der Waals surface area (Å²) in [5.41, 5.74) is 0.137. The van der Waals surface area contributed by atoms with Crippen LogP contribution in [0.3, 0.4) is 0 Å². The Morgan fingerprint density at radius 3 is 2.38 bits per heavy atom. The minimum atomic E-state index is -3.72. The molecule has 0 aromatic heterocycles. The summed E-state index contributed by atoms with van der Waals surface area (Å²) in [6.45, 7) is 7.20. The molecule has 0 radical (unpaired) electrons. The fourth-order valence-electron chi connectivity index (χ4n) is 1.89. The van der Waals surface area contributed by atoms with Gasteiger partial charge >= 0.3 is 0 Å². The summed E-state index contributed by atoms with van der Waals surface area (Å²) in [4.78, 5) is 24.0. The Balaban J connectivity index is 3.06. The highest BCUT2D eigenvalue weighted by Gasteiger charge is 2.21. The van der Waals surface area contributed by atoms with Gasteiger partial charge in [-0.1, -0.05) is 0 Å². The van der Waals surface area contributed by atoms with Crippen molar-refractivity contribution in [3.63, 3.8) is 0 Å². The van der Waals surface area contributed by atoms with Crippen LogP contribution < -0.4 is 15.4 Å². The summed E-state index contributed by atoms with van der Waals surface area (Å²) in [6, 6.07) is 3.15. The van der Waals surface area contributed by atoms with Crippen molar-refractivity contribution < 1.29 is 18.0 Å². The van der Waals surface area contributed by atoms with E-state index in [2.05, 4.69) is 31.3 Å². The molecule has 0 saturated carbocycles. The molecule has 7 nitrogen and oxygen atoms in total. The van der Waals surface area contributed by atoms with Crippen LogP contribution in [0.25, 0.3) is 0 Å². The zero-order chi connectivity index (χ0) is 18.5. The van der Waals surface area contributed by atoms with Crippen LogP contribution in [0, 0.1) is 0 Å². The maximum Gasteiger partial charge on any atom is 0.253 e. The van der Waals surface area contributed by atoms with Crippen molar-refractivity contribution in [2.75, 3.05) is 6.54 Å². The molecule has 0 fully saturated rings. The topological polar surface area (TPSA) is 104 Å². The molecule has 24 heavy (non-hydrogen) atoms. The van der Waals surface area contributed by atoms with E-state index in [4.69, 9.17) is 0 Å². The molecule has 0 spiro atoms. The molecule has 1 rings (SSSR count). The largest absolute Gasteiger partial charge is 0.355 e. The van der Waals surface area contributed by atoms with Gasteiger partial charge in [0, 0.05) is 17.1 Å². The zero-order valence-electron chi connectivity index (χ0n) is 14.0. The van der Waals surface area contributed by atoms with Crippen molar-refractivity contribution >= 4 is 37.8 Å². The van der Waals surface area contributed by atoms with E-state index in [1.54, 1.807) is 27.7 Å². The molecule has 9 heteroatoms. The van der Waals surface area contributed by atoms with Gasteiger partial charge in [-0.2, -0.15) is 0 Å². The third-order valence-electron chi connectivity index (χ3n) is 2.98. The van der Waals surface area contributed by atoms with Crippen LogP contribution in [0.2, 0.25) is 0 Å². The first-order chi connectivity index (χ1) is 11.1. The van der Waals surface area contributed by atoms with Crippen molar-refractivity contribution in [3.05, 3.63) is 28.2 Å². The van der Waals surface area contributed by atoms with Gasteiger partial charge in [0.1, 0.15) is 6.04 Å². The monoisotopic (exact) mass is 419 g/mol. The lowest BCUT2D eigenvalue weighted by Crippen LogP contribution is -2.44. The van der Waals surface area contributed by atoms with Gasteiger partial charge in [0.05, 0.1) is 10.5 Å². The SMILES string of the molecule is CCNC(=O)[C@@H](C)NC(=O)c1cc(S(=O)(=O)NC(C)C)ccc1Br. The third-order valence-corrected chi connectivity index (χ3v) is 5.32. The molecule has 0 heterocycles. The van der Waals surface area contributed by atoms with Crippen molar-refractivity contribution in [1.29, 1.82) is 0 Å². The minimum absolute atomic E-state index is 0.0183. The van der Waals surface area contributed by atoms with Gasteiger partial charge in [0.15, 0.2) is 0 Å². The predicted molar refractivity (Wildman–Crippen MR) is 95.2 cm³/mol. The van der Waals surface area contributed by atoms with Crippen molar-refractivity contribution in [2.24, 2.45) is 0 Å². The fraction of sp³-hybridized carbons (Fsp3) is 0.467. The normalized spacial score (nSPS) is 12.8. The van der Waals surface area contributed by atoms with Crippen LogP contribution in [0.5, 0.6) is 0 Å². The number of sulfonamides is 1. The third kappa shape index (κ3) is 5.57. The Bertz CT molecular complexity index is 719. The standard InChI is InChI=1S/C15H22BrN3O4S/c1-5-17-14(20)10(4)18-15(21)12-8-11(6-7-13(12)16)24(22,23)19-9(2)3/h6-10,19H,5H2,1-4H3,(H,17,20)(H,18,21)/t10-/m1/s1. The Morgan fingerprint density at radius 1 is 1.21 bits per heavy atom. The maximum atomic E-state index is 12.3. The Morgan fingerprint density at radius 2 is 1.83 bits per heavy atom. The van der Waals surface area contributed by atoms with Gasteiger partial charge in [0.2, 0.25) is 15.9 Å². The zero-order valence-corrected chi connectivity index (χ0v) is 16.4. The summed E-state index contributed by atoms with van der Waals surface area (Å²) in [5.74, 6) is -0.852. The summed E-state index contributed by atoms with van der Waals surface area (Å²) in [6.07, 6.45) is 0. The molecule has 134 valence electrons. The van der Waals surface area contributed by atoms with Gasteiger partial charge in [0.25, 0.3) is 5.91 Å². The van der Waals surface area contributed by atoms with Gasteiger partial charge < -0.3 is 10.6 Å². The van der Waals surface area contributed by atoms with E-state index in [0.29, 0.717) is 11.0 Å². The van der Waals surface area contributed by atoms with Gasteiger partial charge in [-0.3, -0.25) is 9.59 Å². The van der Waals surface area contributed by atoms with E-state index >= 15 is 0 Å². The first-order valence-electron chi connectivity index (χ1n) is 7.49. The van der Waals surface area contributed by atoms with Crippen molar-refractivity contribution in [3.8, 4) is 0 Å². The van der Waals surface area contributed by atoms with E-state index in [1.807, 2.05) is 0 Å². The molecule has 1 atom stereocenters. The number of hydrogen-bond donors (Lipinski definition) is 3. The summed E-state index contributed by atoms with van der Waals surface area (Å²) >= 11 is 3.23. The number of carbonyl (C=O) groups excluding carboxylic acids is 2. The molecule has 3 N–H and O–H groups in total. The lowest BCUT2D eigenvalue weighted by atomic mass is 10.2. The van der Waals surface area contributed by atoms with E-state index in [0.717, 1.165) is 0 Å². The summed E-state index contributed by atoms with van der Waals surface area (Å²) in [5, 5.41) is 5.15. The van der Waals surface area contributed by atoms with Crippen LogP contribution in [-0.2, 0) is 14.8 Å². The average molecular weight is 420 g/mol. The highest BCUT2D eigenvalue weighted by Crippen LogP contribution is 2.21. The molecule has 0 aliphatic heterocycles. The molecule has 1 aromatic rings. The van der Waals surface area contributed by atoms with Crippen LogP contribution in [0.15, 0.2) is 27.6 Å². The smallest absolute Gasteiger partial charge is 0.253 e. The molecule has 0 bridgehead atoms. The van der Waals surface area contributed by atoms with Crippen molar-refractivity contribution in [2.45, 2.75) is 44.7 Å². The number of nitrogens with one attached hydrogen (secondary N) is 3. The molecule has 0 saturated heterocycles. The second kappa shape index (κ2) is 8.59. The molecule has 0 unspecified atom stereocenters. The number of likely N-dealkylation sites (N-methyl/N-ethyl adjacent to an activating group) is 1. The fourth-order valence-corrected chi connectivity index (χ4v) is 3.59. The second-order valence-corrected chi connectivity index (χ2v) is 8.08. The molecule has 1 aromatic carbocycles. The number of hydrogen-bond acceptors (Lipinski definition) is 4.